The molecule has 0 aliphatic rings. The van der Waals surface area contributed by atoms with Gasteiger partial charge in [-0.1, -0.05) is 6.07 Å². The van der Waals surface area contributed by atoms with Crippen LogP contribution in [-0.2, 0) is 0 Å². The molecule has 0 amide bonds. The lowest BCUT2D eigenvalue weighted by Gasteiger charge is -2.10. The fourth-order valence-electron chi connectivity index (χ4n) is 1.24. The fourth-order valence-corrected chi connectivity index (χ4v) is 1.24. The Kier molecular flexibility index (Phi) is 3.74. The van der Waals surface area contributed by atoms with Gasteiger partial charge in [0, 0.05) is 18.2 Å². The monoisotopic (exact) mass is 197 g/mol. The third-order valence-corrected chi connectivity index (χ3v) is 2.10. The van der Waals surface area contributed by atoms with Crippen LogP contribution in [0.5, 0.6) is 5.75 Å². The van der Waals surface area contributed by atoms with E-state index in [4.69, 9.17) is 10.5 Å². The van der Waals surface area contributed by atoms with Gasteiger partial charge in [0.2, 0.25) is 0 Å². The highest BCUT2D eigenvalue weighted by Crippen LogP contribution is 2.24. The molecule has 14 heavy (non-hydrogen) atoms. The Bertz CT molecular complexity index is 312. The lowest BCUT2D eigenvalue weighted by molar-refractivity contribution is 0.288. The van der Waals surface area contributed by atoms with Gasteiger partial charge < -0.3 is 10.5 Å². The van der Waals surface area contributed by atoms with Gasteiger partial charge in [-0.3, -0.25) is 4.39 Å². The smallest absolute Gasteiger partial charge is 0.124 e. The Hall–Kier alpha value is -1.25. The van der Waals surface area contributed by atoms with Gasteiger partial charge in [0.05, 0.1) is 13.3 Å². The predicted octanol–water partition coefficient (Wildman–Crippen LogP) is 2.62. The Balaban J connectivity index is 2.72. The molecule has 0 radical (unpaired) electrons. The van der Waals surface area contributed by atoms with Crippen molar-refractivity contribution in [2.75, 3.05) is 19.0 Å². The first-order valence-corrected chi connectivity index (χ1v) is 4.70. The van der Waals surface area contributed by atoms with Gasteiger partial charge in [-0.15, -0.1) is 0 Å². The van der Waals surface area contributed by atoms with Gasteiger partial charge in [-0.05, 0) is 25.0 Å². The van der Waals surface area contributed by atoms with E-state index in [0.29, 0.717) is 18.7 Å². The van der Waals surface area contributed by atoms with Crippen LogP contribution in [0.4, 0.5) is 10.1 Å². The van der Waals surface area contributed by atoms with E-state index in [-0.39, 0.29) is 6.67 Å². The molecule has 0 saturated carbocycles. The molecule has 2 N–H and O–H groups in total. The van der Waals surface area contributed by atoms with Crippen molar-refractivity contribution >= 4 is 5.69 Å². The maximum Gasteiger partial charge on any atom is 0.124 e. The van der Waals surface area contributed by atoms with E-state index in [1.165, 1.54) is 0 Å². The normalized spacial score (nSPS) is 10.2. The quantitative estimate of drug-likeness (QED) is 0.595. The molecule has 0 heterocycles. The van der Waals surface area contributed by atoms with Crippen molar-refractivity contribution in [3.8, 4) is 5.75 Å². The molecule has 1 aromatic rings. The van der Waals surface area contributed by atoms with Crippen molar-refractivity contribution in [1.82, 2.24) is 0 Å². The number of hydrogen-bond donors (Lipinski definition) is 1. The van der Waals surface area contributed by atoms with Crippen LogP contribution in [0.1, 0.15) is 17.5 Å². The van der Waals surface area contributed by atoms with Crippen LogP contribution < -0.4 is 10.5 Å². The first-order valence-electron chi connectivity index (χ1n) is 4.70. The molecule has 78 valence electrons. The minimum absolute atomic E-state index is 0.347. The van der Waals surface area contributed by atoms with Gasteiger partial charge >= 0.3 is 0 Å². The van der Waals surface area contributed by atoms with E-state index in [0.717, 1.165) is 16.9 Å². The molecule has 1 rings (SSSR count). The van der Waals surface area contributed by atoms with E-state index in [1.54, 1.807) is 6.07 Å². The summed E-state index contributed by atoms with van der Waals surface area (Å²) in [6.45, 7) is 3.96. The number of anilines is 1. The number of ether oxygens (including phenoxy) is 1. The van der Waals surface area contributed by atoms with Crippen molar-refractivity contribution in [1.29, 1.82) is 0 Å². The highest BCUT2D eigenvalue weighted by molar-refractivity contribution is 5.54. The number of aryl methyl sites for hydroxylation is 2. The molecule has 3 heteroatoms. The molecule has 0 spiro atoms. The SMILES string of the molecule is Cc1cc(C)c(OCCCF)cc1N. The number of halogens is 1. The van der Waals surface area contributed by atoms with E-state index >= 15 is 0 Å². The number of benzene rings is 1. The molecule has 0 bridgehead atoms. The zero-order chi connectivity index (χ0) is 10.6. The summed E-state index contributed by atoms with van der Waals surface area (Å²) in [6.07, 6.45) is 0.424. The van der Waals surface area contributed by atoms with Gasteiger partial charge in [-0.25, -0.2) is 0 Å². The summed E-state index contributed by atoms with van der Waals surface area (Å²) in [5.41, 5.74) is 8.53. The Morgan fingerprint density at radius 1 is 1.29 bits per heavy atom. The molecule has 0 unspecified atom stereocenters. The second kappa shape index (κ2) is 4.84. The standard InChI is InChI=1S/C11H16FNO/c1-8-6-9(2)11(7-10(8)13)14-5-3-4-12/h6-7H,3-5,13H2,1-2H3. The second-order valence-electron chi connectivity index (χ2n) is 3.37. The van der Waals surface area contributed by atoms with Crippen molar-refractivity contribution < 1.29 is 9.13 Å². The van der Waals surface area contributed by atoms with E-state index < -0.39 is 0 Å². The summed E-state index contributed by atoms with van der Waals surface area (Å²) in [7, 11) is 0. The van der Waals surface area contributed by atoms with Gasteiger partial charge in [0.1, 0.15) is 5.75 Å². The number of rotatable bonds is 4. The predicted molar refractivity (Wildman–Crippen MR) is 56.4 cm³/mol. The summed E-state index contributed by atoms with van der Waals surface area (Å²) in [5.74, 6) is 0.751. The number of nitrogen functional groups attached to an aromatic ring is 1. The Morgan fingerprint density at radius 3 is 2.64 bits per heavy atom. The highest BCUT2D eigenvalue weighted by atomic mass is 19.1. The van der Waals surface area contributed by atoms with E-state index in [2.05, 4.69) is 0 Å². The topological polar surface area (TPSA) is 35.2 Å². The van der Waals surface area contributed by atoms with Crippen LogP contribution in [0.3, 0.4) is 0 Å². The zero-order valence-electron chi connectivity index (χ0n) is 8.64. The summed E-state index contributed by atoms with van der Waals surface area (Å²) in [4.78, 5) is 0. The molecule has 0 aliphatic heterocycles. The second-order valence-corrected chi connectivity index (χ2v) is 3.37. The first kappa shape index (κ1) is 10.8. The van der Waals surface area contributed by atoms with Crippen LogP contribution in [0.2, 0.25) is 0 Å². The largest absolute Gasteiger partial charge is 0.493 e. The molecule has 0 aromatic heterocycles. The Labute approximate surface area is 83.9 Å². The van der Waals surface area contributed by atoms with E-state index in [9.17, 15) is 4.39 Å². The molecule has 0 atom stereocenters. The van der Waals surface area contributed by atoms with Crippen molar-refractivity contribution in [2.45, 2.75) is 20.3 Å². The Morgan fingerprint density at radius 2 is 2.00 bits per heavy atom. The van der Waals surface area contributed by atoms with Gasteiger partial charge in [-0.2, -0.15) is 0 Å². The van der Waals surface area contributed by atoms with Crippen LogP contribution in [0, 0.1) is 13.8 Å². The summed E-state index contributed by atoms with van der Waals surface area (Å²) in [5, 5.41) is 0. The molecule has 0 fully saturated rings. The fraction of sp³-hybridized carbons (Fsp3) is 0.455. The van der Waals surface area contributed by atoms with Gasteiger partial charge in [0.15, 0.2) is 0 Å². The molecule has 0 aliphatic carbocycles. The molecule has 1 aromatic carbocycles. The number of hydrogen-bond acceptors (Lipinski definition) is 2. The average molecular weight is 197 g/mol. The number of nitrogens with two attached hydrogens (primary N) is 1. The maximum atomic E-state index is 11.8. The molecular weight excluding hydrogens is 181 g/mol. The third-order valence-electron chi connectivity index (χ3n) is 2.10. The highest BCUT2D eigenvalue weighted by Gasteiger charge is 2.02. The third kappa shape index (κ3) is 2.62. The molecule has 0 saturated heterocycles. The maximum absolute atomic E-state index is 11.8. The molecule has 2 nitrogen and oxygen atoms in total. The zero-order valence-corrected chi connectivity index (χ0v) is 8.64. The average Bonchev–Trinajstić information content (AvgIpc) is 2.14. The first-order chi connectivity index (χ1) is 6.65. The van der Waals surface area contributed by atoms with Crippen molar-refractivity contribution in [3.05, 3.63) is 23.3 Å². The number of alkyl halides is 1. The van der Waals surface area contributed by atoms with Crippen LogP contribution in [0.25, 0.3) is 0 Å². The summed E-state index contributed by atoms with van der Waals surface area (Å²) < 4.78 is 17.2. The summed E-state index contributed by atoms with van der Waals surface area (Å²) >= 11 is 0. The molecular formula is C11H16FNO. The van der Waals surface area contributed by atoms with Gasteiger partial charge in [0.25, 0.3) is 0 Å². The lowest BCUT2D eigenvalue weighted by atomic mass is 10.1. The van der Waals surface area contributed by atoms with Crippen molar-refractivity contribution in [2.24, 2.45) is 0 Å². The van der Waals surface area contributed by atoms with Crippen LogP contribution >= 0.6 is 0 Å². The lowest BCUT2D eigenvalue weighted by Crippen LogP contribution is -2.01. The minimum Gasteiger partial charge on any atom is -0.493 e. The van der Waals surface area contributed by atoms with Crippen molar-refractivity contribution in [3.63, 3.8) is 0 Å². The minimum atomic E-state index is -0.347. The van der Waals surface area contributed by atoms with E-state index in [1.807, 2.05) is 19.9 Å². The summed E-state index contributed by atoms with van der Waals surface area (Å²) in [6, 6.07) is 3.77. The van der Waals surface area contributed by atoms with Crippen LogP contribution in [0.15, 0.2) is 12.1 Å². The van der Waals surface area contributed by atoms with Crippen LogP contribution in [-0.4, -0.2) is 13.3 Å².